The molecular weight excluding hydrogens is 219 g/mol. The van der Waals surface area contributed by atoms with Gasteiger partial charge in [-0.3, -0.25) is 4.79 Å². The summed E-state index contributed by atoms with van der Waals surface area (Å²) >= 11 is 0. The lowest BCUT2D eigenvalue weighted by Crippen LogP contribution is -2.41. The average Bonchev–Trinajstić information content (AvgIpc) is 2.30. The monoisotopic (exact) mass is 238 g/mol. The molecule has 0 saturated heterocycles. The minimum atomic E-state index is -0.470. The van der Waals surface area contributed by atoms with E-state index in [0.717, 1.165) is 12.0 Å². The number of hydrogen-bond donors (Lipinski definition) is 2. The third kappa shape index (κ3) is 4.15. The molecule has 3 N–H and O–H groups in total. The predicted octanol–water partition coefficient (Wildman–Crippen LogP) is 2.13. The van der Waals surface area contributed by atoms with Crippen molar-refractivity contribution in [1.29, 1.82) is 0 Å². The molecule has 94 valence electrons. The van der Waals surface area contributed by atoms with Crippen LogP contribution in [0.1, 0.15) is 38.3 Å². The van der Waals surface area contributed by atoms with Crippen molar-refractivity contribution >= 4 is 5.91 Å². The second kappa shape index (κ2) is 6.35. The molecule has 0 heterocycles. The molecule has 1 aromatic rings. The Bertz CT molecular complexity index is 364. The van der Waals surface area contributed by atoms with Crippen LogP contribution in [0.15, 0.2) is 24.3 Å². The zero-order valence-electron chi connectivity index (χ0n) is 10.2. The van der Waals surface area contributed by atoms with Crippen molar-refractivity contribution < 1.29 is 9.18 Å². The van der Waals surface area contributed by atoms with Crippen LogP contribution >= 0.6 is 0 Å². The Morgan fingerprint density at radius 3 is 2.53 bits per heavy atom. The summed E-state index contributed by atoms with van der Waals surface area (Å²) < 4.78 is 12.7. The van der Waals surface area contributed by atoms with Crippen LogP contribution in [0.3, 0.4) is 0 Å². The highest BCUT2D eigenvalue weighted by Crippen LogP contribution is 2.13. The quantitative estimate of drug-likeness (QED) is 0.825. The van der Waals surface area contributed by atoms with Gasteiger partial charge in [-0.15, -0.1) is 0 Å². The molecule has 0 unspecified atom stereocenters. The van der Waals surface area contributed by atoms with Gasteiger partial charge in [-0.1, -0.05) is 25.5 Å². The van der Waals surface area contributed by atoms with E-state index in [0.29, 0.717) is 6.42 Å². The van der Waals surface area contributed by atoms with Crippen LogP contribution in [0, 0.1) is 5.82 Å². The van der Waals surface area contributed by atoms with E-state index >= 15 is 0 Å². The summed E-state index contributed by atoms with van der Waals surface area (Å²) in [5.41, 5.74) is 6.57. The highest BCUT2D eigenvalue weighted by molar-refractivity contribution is 5.81. The maximum atomic E-state index is 12.7. The second-order valence-electron chi connectivity index (χ2n) is 4.18. The van der Waals surface area contributed by atoms with Gasteiger partial charge in [-0.2, -0.15) is 0 Å². The van der Waals surface area contributed by atoms with Gasteiger partial charge < -0.3 is 11.1 Å². The molecule has 0 saturated carbocycles. The maximum Gasteiger partial charge on any atom is 0.237 e. The smallest absolute Gasteiger partial charge is 0.237 e. The van der Waals surface area contributed by atoms with Gasteiger partial charge in [0.1, 0.15) is 5.82 Å². The first-order chi connectivity index (χ1) is 8.04. The third-order valence-electron chi connectivity index (χ3n) is 2.67. The predicted molar refractivity (Wildman–Crippen MR) is 65.8 cm³/mol. The number of amides is 1. The molecule has 0 aliphatic heterocycles. The van der Waals surface area contributed by atoms with E-state index in [1.807, 2.05) is 13.8 Å². The Kier molecular flexibility index (Phi) is 5.10. The molecular formula is C13H19FN2O. The number of halogens is 1. The van der Waals surface area contributed by atoms with Gasteiger partial charge in [0, 0.05) is 0 Å². The summed E-state index contributed by atoms with van der Waals surface area (Å²) in [6, 6.07) is 5.44. The summed E-state index contributed by atoms with van der Waals surface area (Å²) in [5, 5.41) is 2.81. The molecule has 0 aliphatic carbocycles. The van der Waals surface area contributed by atoms with Gasteiger partial charge in [0.15, 0.2) is 0 Å². The van der Waals surface area contributed by atoms with Gasteiger partial charge in [0.25, 0.3) is 0 Å². The van der Waals surface area contributed by atoms with Gasteiger partial charge in [-0.25, -0.2) is 4.39 Å². The molecule has 1 amide bonds. The normalized spacial score (nSPS) is 14.1. The number of hydrogen-bond acceptors (Lipinski definition) is 2. The molecule has 0 radical (unpaired) electrons. The lowest BCUT2D eigenvalue weighted by molar-refractivity contribution is -0.123. The Morgan fingerprint density at radius 2 is 2.00 bits per heavy atom. The average molecular weight is 238 g/mol. The van der Waals surface area contributed by atoms with Crippen molar-refractivity contribution in [3.63, 3.8) is 0 Å². The number of carbonyl (C=O) groups is 1. The van der Waals surface area contributed by atoms with Crippen LogP contribution in [0.2, 0.25) is 0 Å². The largest absolute Gasteiger partial charge is 0.348 e. The first kappa shape index (κ1) is 13.6. The van der Waals surface area contributed by atoms with Crippen molar-refractivity contribution in [3.05, 3.63) is 35.6 Å². The van der Waals surface area contributed by atoms with Crippen LogP contribution in [0.5, 0.6) is 0 Å². The van der Waals surface area contributed by atoms with Gasteiger partial charge in [0.05, 0.1) is 12.1 Å². The lowest BCUT2D eigenvalue weighted by Gasteiger charge is -2.17. The summed E-state index contributed by atoms with van der Waals surface area (Å²) in [4.78, 5) is 11.7. The van der Waals surface area contributed by atoms with Crippen molar-refractivity contribution in [1.82, 2.24) is 5.32 Å². The van der Waals surface area contributed by atoms with Crippen LogP contribution < -0.4 is 11.1 Å². The Labute approximate surface area is 101 Å². The Morgan fingerprint density at radius 1 is 1.41 bits per heavy atom. The number of rotatable bonds is 5. The fraction of sp³-hybridized carbons (Fsp3) is 0.462. The molecule has 1 rings (SSSR count). The molecule has 4 heteroatoms. The van der Waals surface area contributed by atoms with E-state index in [-0.39, 0.29) is 17.8 Å². The molecule has 0 aliphatic rings. The first-order valence-corrected chi connectivity index (χ1v) is 5.86. The minimum absolute atomic E-state index is 0.161. The molecule has 0 bridgehead atoms. The van der Waals surface area contributed by atoms with Crippen molar-refractivity contribution in [3.8, 4) is 0 Å². The van der Waals surface area contributed by atoms with E-state index in [1.165, 1.54) is 12.1 Å². The fourth-order valence-electron chi connectivity index (χ4n) is 1.60. The number of carbonyl (C=O) groups excluding carboxylic acids is 1. The Hall–Kier alpha value is -1.42. The summed E-state index contributed by atoms with van der Waals surface area (Å²) in [7, 11) is 0. The third-order valence-corrected chi connectivity index (χ3v) is 2.67. The summed E-state index contributed by atoms with van der Waals surface area (Å²) in [5.74, 6) is -0.446. The van der Waals surface area contributed by atoms with Crippen molar-refractivity contribution in [2.75, 3.05) is 0 Å². The van der Waals surface area contributed by atoms with Crippen LogP contribution in [0.4, 0.5) is 4.39 Å². The van der Waals surface area contributed by atoms with Crippen molar-refractivity contribution in [2.24, 2.45) is 5.73 Å². The van der Waals surface area contributed by atoms with Gasteiger partial charge in [-0.05, 0) is 31.0 Å². The van der Waals surface area contributed by atoms with E-state index in [2.05, 4.69) is 5.32 Å². The number of nitrogens with two attached hydrogens (primary N) is 1. The summed E-state index contributed by atoms with van der Waals surface area (Å²) in [6.07, 6.45) is 1.54. The molecule has 17 heavy (non-hydrogen) atoms. The highest BCUT2D eigenvalue weighted by atomic mass is 19.1. The standard InChI is InChI=1S/C13H19FN2O/c1-3-4-12(15)13(17)16-9(2)10-5-7-11(14)8-6-10/h5-9,12H,3-4,15H2,1-2H3,(H,16,17)/t9-,12-/m1/s1. The van der Waals surface area contributed by atoms with Crippen LogP contribution in [-0.2, 0) is 4.79 Å². The zero-order chi connectivity index (χ0) is 12.8. The highest BCUT2D eigenvalue weighted by Gasteiger charge is 2.15. The van der Waals surface area contributed by atoms with Crippen LogP contribution in [-0.4, -0.2) is 11.9 Å². The zero-order valence-corrected chi connectivity index (χ0v) is 10.2. The van der Waals surface area contributed by atoms with Crippen LogP contribution in [0.25, 0.3) is 0 Å². The fourth-order valence-corrected chi connectivity index (χ4v) is 1.60. The molecule has 0 spiro atoms. The molecule has 1 aromatic carbocycles. The van der Waals surface area contributed by atoms with Gasteiger partial charge in [0.2, 0.25) is 5.91 Å². The molecule has 0 fully saturated rings. The van der Waals surface area contributed by atoms with Crippen molar-refractivity contribution in [2.45, 2.75) is 38.8 Å². The van der Waals surface area contributed by atoms with E-state index in [4.69, 9.17) is 5.73 Å². The van der Waals surface area contributed by atoms with E-state index in [1.54, 1.807) is 12.1 Å². The minimum Gasteiger partial charge on any atom is -0.348 e. The Balaban J connectivity index is 2.57. The number of nitrogens with one attached hydrogen (secondary N) is 1. The first-order valence-electron chi connectivity index (χ1n) is 5.86. The molecule has 3 nitrogen and oxygen atoms in total. The summed E-state index contributed by atoms with van der Waals surface area (Å²) in [6.45, 7) is 3.83. The maximum absolute atomic E-state index is 12.7. The molecule has 2 atom stereocenters. The van der Waals surface area contributed by atoms with E-state index < -0.39 is 6.04 Å². The van der Waals surface area contributed by atoms with E-state index in [9.17, 15) is 9.18 Å². The SMILES string of the molecule is CCC[C@@H](N)C(=O)N[C@H](C)c1ccc(F)cc1. The number of benzene rings is 1. The molecule has 0 aromatic heterocycles. The topological polar surface area (TPSA) is 55.1 Å². The van der Waals surface area contributed by atoms with Gasteiger partial charge >= 0.3 is 0 Å². The second-order valence-corrected chi connectivity index (χ2v) is 4.18. The lowest BCUT2D eigenvalue weighted by atomic mass is 10.1.